The van der Waals surface area contributed by atoms with Crippen molar-refractivity contribution < 1.29 is 0 Å². The molecule has 108 valence electrons. The molecule has 0 bridgehead atoms. The van der Waals surface area contributed by atoms with Crippen molar-refractivity contribution in [2.24, 2.45) is 23.5 Å². The van der Waals surface area contributed by atoms with E-state index in [1.54, 1.807) is 0 Å². The molecule has 3 aliphatic carbocycles. The Labute approximate surface area is 130 Å². The fourth-order valence-electron chi connectivity index (χ4n) is 4.55. The van der Waals surface area contributed by atoms with Crippen LogP contribution in [0, 0.1) is 17.8 Å². The van der Waals surface area contributed by atoms with Gasteiger partial charge in [0, 0.05) is 9.86 Å². The minimum atomic E-state index is 0.144. The van der Waals surface area contributed by atoms with Crippen LogP contribution >= 0.6 is 15.9 Å². The van der Waals surface area contributed by atoms with E-state index in [0.29, 0.717) is 4.32 Å². The molecule has 0 heterocycles. The second kappa shape index (κ2) is 4.58. The predicted octanol–water partition coefficient (Wildman–Crippen LogP) is 4.29. The number of halogens is 1. The minimum Gasteiger partial charge on any atom is -0.325 e. The highest BCUT2D eigenvalue weighted by Gasteiger charge is 2.61. The van der Waals surface area contributed by atoms with Crippen molar-refractivity contribution in [1.29, 1.82) is 0 Å². The molecule has 1 aromatic carbocycles. The first-order chi connectivity index (χ1) is 9.59. The normalized spacial score (nSPS) is 45.8. The van der Waals surface area contributed by atoms with Crippen LogP contribution in [-0.4, -0.2) is 9.86 Å². The van der Waals surface area contributed by atoms with Crippen LogP contribution in [0.3, 0.4) is 0 Å². The Balaban J connectivity index is 1.34. The van der Waals surface area contributed by atoms with Crippen LogP contribution in [0.15, 0.2) is 30.3 Å². The zero-order valence-electron chi connectivity index (χ0n) is 12.0. The maximum Gasteiger partial charge on any atom is 0.0292 e. The monoisotopic (exact) mass is 333 g/mol. The lowest BCUT2D eigenvalue weighted by molar-refractivity contribution is 0.301. The van der Waals surface area contributed by atoms with Gasteiger partial charge in [-0.1, -0.05) is 46.3 Å². The standard InChI is InChI=1S/C18H24BrN/c19-17-10-14(6-7-15(17)11-17)16-12-18(16,20)9-8-13-4-2-1-3-5-13/h1-5,14-16H,6-12,20H2. The van der Waals surface area contributed by atoms with Crippen LogP contribution in [0.25, 0.3) is 0 Å². The van der Waals surface area contributed by atoms with E-state index in [1.807, 2.05) is 0 Å². The Kier molecular flexibility index (Phi) is 3.05. The van der Waals surface area contributed by atoms with E-state index in [-0.39, 0.29) is 5.54 Å². The summed E-state index contributed by atoms with van der Waals surface area (Å²) in [4.78, 5) is 0. The van der Waals surface area contributed by atoms with Crippen molar-refractivity contribution in [2.75, 3.05) is 0 Å². The van der Waals surface area contributed by atoms with Gasteiger partial charge >= 0.3 is 0 Å². The molecule has 20 heavy (non-hydrogen) atoms. The largest absolute Gasteiger partial charge is 0.325 e. The van der Waals surface area contributed by atoms with Crippen molar-refractivity contribution in [3.8, 4) is 0 Å². The van der Waals surface area contributed by atoms with Crippen LogP contribution in [0.5, 0.6) is 0 Å². The molecule has 3 saturated carbocycles. The zero-order valence-corrected chi connectivity index (χ0v) is 13.6. The third-order valence-corrected chi connectivity index (χ3v) is 7.41. The summed E-state index contributed by atoms with van der Waals surface area (Å²) in [6, 6.07) is 10.8. The first-order valence-electron chi connectivity index (χ1n) is 8.11. The summed E-state index contributed by atoms with van der Waals surface area (Å²) in [6.45, 7) is 0. The molecule has 0 aliphatic heterocycles. The predicted molar refractivity (Wildman–Crippen MR) is 86.9 cm³/mol. The van der Waals surface area contributed by atoms with E-state index >= 15 is 0 Å². The van der Waals surface area contributed by atoms with E-state index in [9.17, 15) is 0 Å². The maximum absolute atomic E-state index is 6.66. The van der Waals surface area contributed by atoms with Gasteiger partial charge in [0.2, 0.25) is 0 Å². The lowest BCUT2D eigenvalue weighted by Crippen LogP contribution is -2.30. The Morgan fingerprint density at radius 2 is 1.90 bits per heavy atom. The quantitative estimate of drug-likeness (QED) is 0.817. The molecule has 0 radical (unpaired) electrons. The van der Waals surface area contributed by atoms with Gasteiger partial charge in [-0.2, -0.15) is 0 Å². The number of benzene rings is 1. The average Bonchev–Trinajstić information content (AvgIpc) is 3.32. The molecular formula is C18H24BrN. The average molecular weight is 334 g/mol. The summed E-state index contributed by atoms with van der Waals surface area (Å²) < 4.78 is 0.527. The molecule has 0 aromatic heterocycles. The van der Waals surface area contributed by atoms with Crippen molar-refractivity contribution in [3.05, 3.63) is 35.9 Å². The second-order valence-corrected chi connectivity index (χ2v) is 9.09. The van der Waals surface area contributed by atoms with E-state index in [4.69, 9.17) is 5.73 Å². The second-order valence-electron chi connectivity index (χ2n) is 7.51. The van der Waals surface area contributed by atoms with E-state index in [1.165, 1.54) is 37.7 Å². The summed E-state index contributed by atoms with van der Waals surface area (Å²) in [6.07, 6.45) is 9.22. The first kappa shape index (κ1) is 13.3. The molecule has 3 aliphatic rings. The van der Waals surface area contributed by atoms with Gasteiger partial charge in [-0.15, -0.1) is 0 Å². The summed E-state index contributed by atoms with van der Waals surface area (Å²) in [5, 5.41) is 0. The van der Waals surface area contributed by atoms with Gasteiger partial charge in [0.25, 0.3) is 0 Å². The van der Waals surface area contributed by atoms with Gasteiger partial charge in [-0.05, 0) is 68.3 Å². The van der Waals surface area contributed by atoms with Gasteiger partial charge in [0.1, 0.15) is 0 Å². The van der Waals surface area contributed by atoms with Crippen LogP contribution in [-0.2, 0) is 6.42 Å². The molecule has 2 heteroatoms. The Morgan fingerprint density at radius 3 is 2.65 bits per heavy atom. The Hall–Kier alpha value is -0.340. The lowest BCUT2D eigenvalue weighted by atomic mass is 9.83. The van der Waals surface area contributed by atoms with Crippen molar-refractivity contribution >= 4 is 15.9 Å². The zero-order chi connectivity index (χ0) is 13.8. The number of hydrogen-bond donors (Lipinski definition) is 1. The molecule has 3 fully saturated rings. The van der Waals surface area contributed by atoms with Gasteiger partial charge in [0.15, 0.2) is 0 Å². The number of fused-ring (bicyclic) bond motifs is 1. The number of rotatable bonds is 4. The summed E-state index contributed by atoms with van der Waals surface area (Å²) in [7, 11) is 0. The maximum atomic E-state index is 6.66. The molecular weight excluding hydrogens is 310 g/mol. The molecule has 2 N–H and O–H groups in total. The van der Waals surface area contributed by atoms with Crippen LogP contribution in [0.4, 0.5) is 0 Å². The molecule has 5 unspecified atom stereocenters. The smallest absolute Gasteiger partial charge is 0.0292 e. The van der Waals surface area contributed by atoms with Crippen molar-refractivity contribution in [3.63, 3.8) is 0 Å². The lowest BCUT2D eigenvalue weighted by Gasteiger charge is -2.27. The SMILES string of the molecule is NC1(CCc2ccccc2)CC1C1CCC2CC2(Br)C1. The van der Waals surface area contributed by atoms with Crippen LogP contribution in [0.2, 0.25) is 0 Å². The molecule has 0 saturated heterocycles. The fraction of sp³-hybridized carbons (Fsp3) is 0.667. The van der Waals surface area contributed by atoms with Crippen molar-refractivity contribution in [1.82, 2.24) is 0 Å². The van der Waals surface area contributed by atoms with Crippen LogP contribution in [0.1, 0.15) is 44.1 Å². The molecule has 4 rings (SSSR count). The minimum absolute atomic E-state index is 0.144. The number of aryl methyl sites for hydroxylation is 1. The third kappa shape index (κ3) is 2.35. The Morgan fingerprint density at radius 1 is 1.10 bits per heavy atom. The topological polar surface area (TPSA) is 26.0 Å². The molecule has 0 amide bonds. The van der Waals surface area contributed by atoms with E-state index in [0.717, 1.165) is 30.6 Å². The summed E-state index contributed by atoms with van der Waals surface area (Å²) in [5.74, 6) is 2.66. The molecule has 1 aromatic rings. The van der Waals surface area contributed by atoms with Gasteiger partial charge in [-0.25, -0.2) is 0 Å². The first-order valence-corrected chi connectivity index (χ1v) is 8.90. The highest BCUT2D eigenvalue weighted by molar-refractivity contribution is 9.10. The molecule has 1 nitrogen and oxygen atoms in total. The van der Waals surface area contributed by atoms with Crippen molar-refractivity contribution in [2.45, 2.75) is 54.8 Å². The number of nitrogens with two attached hydrogens (primary N) is 1. The van der Waals surface area contributed by atoms with Gasteiger partial charge < -0.3 is 5.73 Å². The molecule has 0 spiro atoms. The molecule has 5 atom stereocenters. The van der Waals surface area contributed by atoms with Crippen LogP contribution < -0.4 is 5.73 Å². The Bertz CT molecular complexity index is 501. The highest BCUT2D eigenvalue weighted by Crippen LogP contribution is 2.65. The summed E-state index contributed by atoms with van der Waals surface area (Å²) in [5.41, 5.74) is 8.24. The van der Waals surface area contributed by atoms with Gasteiger partial charge in [-0.3, -0.25) is 0 Å². The fourth-order valence-corrected chi connectivity index (χ4v) is 5.59. The van der Waals surface area contributed by atoms with E-state index in [2.05, 4.69) is 46.3 Å². The number of alkyl halides is 1. The van der Waals surface area contributed by atoms with Gasteiger partial charge in [0.05, 0.1) is 0 Å². The number of hydrogen-bond acceptors (Lipinski definition) is 1. The third-order valence-electron chi connectivity index (χ3n) is 6.11. The van der Waals surface area contributed by atoms with E-state index < -0.39 is 0 Å². The highest BCUT2D eigenvalue weighted by atomic mass is 79.9. The summed E-state index contributed by atoms with van der Waals surface area (Å²) >= 11 is 3.98.